The van der Waals surface area contributed by atoms with E-state index in [1.807, 2.05) is 38.2 Å². The van der Waals surface area contributed by atoms with Gasteiger partial charge in [0, 0.05) is 15.9 Å². The number of halogens is 3. The molecule has 33 heavy (non-hydrogen) atoms. The zero-order chi connectivity index (χ0) is 24.7. The Morgan fingerprint density at radius 1 is 1.12 bits per heavy atom. The fourth-order valence-corrected chi connectivity index (χ4v) is 3.85. The summed E-state index contributed by atoms with van der Waals surface area (Å²) in [6.45, 7) is 5.17. The SMILES string of the molecule is CC(C)(C)c1ccc(Cn2c(=O)c(C(=O)NCC(=O)O)c(O)c3cc(F)c(F)cc32)c(Br)c1. The van der Waals surface area contributed by atoms with Gasteiger partial charge in [-0.25, -0.2) is 8.78 Å². The number of hydrogen-bond donors (Lipinski definition) is 3. The Bertz CT molecular complexity index is 1350. The van der Waals surface area contributed by atoms with Gasteiger partial charge >= 0.3 is 5.97 Å². The van der Waals surface area contributed by atoms with Crippen molar-refractivity contribution in [3.05, 3.63) is 73.5 Å². The van der Waals surface area contributed by atoms with Gasteiger partial charge in [-0.15, -0.1) is 0 Å². The maximum atomic E-state index is 14.0. The first-order valence-corrected chi connectivity index (χ1v) is 10.6. The first-order chi connectivity index (χ1) is 15.3. The molecule has 3 rings (SSSR count). The summed E-state index contributed by atoms with van der Waals surface area (Å²) < 4.78 is 29.7. The number of carboxylic acids is 1. The lowest BCUT2D eigenvalue weighted by molar-refractivity contribution is -0.135. The zero-order valence-electron chi connectivity index (χ0n) is 18.0. The number of fused-ring (bicyclic) bond motifs is 1. The number of amides is 1. The minimum Gasteiger partial charge on any atom is -0.506 e. The van der Waals surface area contributed by atoms with E-state index >= 15 is 0 Å². The van der Waals surface area contributed by atoms with E-state index in [2.05, 4.69) is 15.9 Å². The third-order valence-corrected chi connectivity index (χ3v) is 5.89. The topological polar surface area (TPSA) is 109 Å². The van der Waals surface area contributed by atoms with Crippen molar-refractivity contribution >= 4 is 38.7 Å². The van der Waals surface area contributed by atoms with E-state index in [1.165, 1.54) is 0 Å². The van der Waals surface area contributed by atoms with Crippen molar-refractivity contribution in [2.45, 2.75) is 32.7 Å². The van der Waals surface area contributed by atoms with Crippen LogP contribution in [0.2, 0.25) is 0 Å². The molecule has 3 N–H and O–H groups in total. The van der Waals surface area contributed by atoms with Crippen LogP contribution in [-0.4, -0.2) is 33.2 Å². The van der Waals surface area contributed by atoms with Crippen molar-refractivity contribution in [1.82, 2.24) is 9.88 Å². The van der Waals surface area contributed by atoms with E-state index in [1.54, 1.807) is 6.07 Å². The molecule has 7 nitrogen and oxygen atoms in total. The second kappa shape index (κ2) is 8.93. The standard InChI is InChI=1S/C23H21BrF2N2O5/c1-23(2,3)12-5-4-11(14(24)6-12)10-28-17-8-16(26)15(25)7-13(17)20(31)19(22(28)33)21(32)27-9-18(29)30/h4-8,31H,9-10H2,1-3H3,(H,27,32)(H,29,30). The molecular weight excluding hydrogens is 502 g/mol. The van der Waals surface area contributed by atoms with Gasteiger partial charge in [-0.3, -0.25) is 14.4 Å². The van der Waals surface area contributed by atoms with Crippen LogP contribution in [0, 0.1) is 11.6 Å². The summed E-state index contributed by atoms with van der Waals surface area (Å²) in [5.41, 5.74) is -0.392. The molecule has 0 fully saturated rings. The van der Waals surface area contributed by atoms with Gasteiger partial charge in [-0.05, 0) is 28.7 Å². The van der Waals surface area contributed by atoms with Gasteiger partial charge in [0.25, 0.3) is 11.5 Å². The predicted molar refractivity (Wildman–Crippen MR) is 122 cm³/mol. The lowest BCUT2D eigenvalue weighted by atomic mass is 9.87. The molecule has 1 amide bonds. The highest BCUT2D eigenvalue weighted by Crippen LogP contribution is 2.31. The van der Waals surface area contributed by atoms with E-state index in [4.69, 9.17) is 5.11 Å². The summed E-state index contributed by atoms with van der Waals surface area (Å²) in [4.78, 5) is 36.5. The predicted octanol–water partition coefficient (Wildman–Crippen LogP) is 3.91. The molecule has 0 aliphatic heterocycles. The van der Waals surface area contributed by atoms with Gasteiger partial charge in [0.1, 0.15) is 17.9 Å². The second-order valence-electron chi connectivity index (χ2n) is 8.53. The number of carbonyl (C=O) groups is 2. The fraction of sp³-hybridized carbons (Fsp3) is 0.261. The summed E-state index contributed by atoms with van der Waals surface area (Å²) in [5.74, 6) is -5.89. The molecule has 3 aromatic rings. The van der Waals surface area contributed by atoms with Crippen LogP contribution in [0.5, 0.6) is 5.75 Å². The maximum Gasteiger partial charge on any atom is 0.322 e. The molecule has 0 saturated carbocycles. The molecule has 0 aliphatic rings. The molecule has 0 atom stereocenters. The van der Waals surface area contributed by atoms with Crippen LogP contribution >= 0.6 is 15.9 Å². The number of aromatic nitrogens is 1. The molecule has 0 spiro atoms. The summed E-state index contributed by atoms with van der Waals surface area (Å²) in [5, 5.41) is 21.1. The number of carbonyl (C=O) groups excluding carboxylic acids is 1. The third-order valence-electron chi connectivity index (χ3n) is 5.16. The van der Waals surface area contributed by atoms with Crippen molar-refractivity contribution in [3.63, 3.8) is 0 Å². The quantitative estimate of drug-likeness (QED) is 0.470. The van der Waals surface area contributed by atoms with Gasteiger partial charge in [-0.2, -0.15) is 0 Å². The lowest BCUT2D eigenvalue weighted by Gasteiger charge is -2.21. The Kier molecular flexibility index (Phi) is 6.60. The van der Waals surface area contributed by atoms with E-state index in [-0.39, 0.29) is 22.9 Å². The number of nitrogens with one attached hydrogen (secondary N) is 1. The highest BCUT2D eigenvalue weighted by atomic mass is 79.9. The van der Waals surface area contributed by atoms with Crippen LogP contribution in [0.3, 0.4) is 0 Å². The number of benzene rings is 2. The number of aliphatic carboxylic acids is 1. The molecule has 10 heteroatoms. The number of hydrogen-bond acceptors (Lipinski definition) is 4. The molecule has 0 aliphatic carbocycles. The average molecular weight is 523 g/mol. The van der Waals surface area contributed by atoms with Gasteiger partial charge in [0.15, 0.2) is 11.6 Å². The van der Waals surface area contributed by atoms with Crippen molar-refractivity contribution in [1.29, 1.82) is 0 Å². The van der Waals surface area contributed by atoms with E-state index < -0.39 is 46.9 Å². The summed E-state index contributed by atoms with van der Waals surface area (Å²) >= 11 is 3.47. The number of carboxylic acid groups (broad SMARTS) is 1. The Morgan fingerprint density at radius 2 is 1.76 bits per heavy atom. The Hall–Kier alpha value is -3.27. The van der Waals surface area contributed by atoms with Gasteiger partial charge < -0.3 is 20.1 Å². The Balaban J connectivity index is 2.24. The number of rotatable bonds is 5. The van der Waals surface area contributed by atoms with E-state index in [0.29, 0.717) is 16.1 Å². The smallest absolute Gasteiger partial charge is 0.322 e. The van der Waals surface area contributed by atoms with Crippen molar-refractivity contribution in [2.75, 3.05) is 6.54 Å². The van der Waals surface area contributed by atoms with Gasteiger partial charge in [0.05, 0.1) is 12.1 Å². The number of aromatic hydroxyl groups is 1. The largest absolute Gasteiger partial charge is 0.506 e. The minimum atomic E-state index is -1.36. The van der Waals surface area contributed by atoms with Crippen LogP contribution in [-0.2, 0) is 16.8 Å². The maximum absolute atomic E-state index is 14.0. The van der Waals surface area contributed by atoms with Crippen molar-refractivity contribution in [2.24, 2.45) is 0 Å². The molecule has 0 bridgehead atoms. The average Bonchev–Trinajstić information content (AvgIpc) is 2.71. The van der Waals surface area contributed by atoms with Crippen LogP contribution in [0.4, 0.5) is 8.78 Å². The van der Waals surface area contributed by atoms with Crippen molar-refractivity contribution < 1.29 is 28.6 Å². The van der Waals surface area contributed by atoms with Gasteiger partial charge in [0.2, 0.25) is 0 Å². The monoisotopic (exact) mass is 522 g/mol. The molecule has 1 aromatic heterocycles. The first kappa shape index (κ1) is 24.4. The second-order valence-corrected chi connectivity index (χ2v) is 9.39. The Morgan fingerprint density at radius 3 is 2.33 bits per heavy atom. The number of nitrogens with zero attached hydrogens (tertiary/aromatic N) is 1. The third kappa shape index (κ3) is 4.90. The first-order valence-electron chi connectivity index (χ1n) is 9.84. The summed E-state index contributed by atoms with van der Waals surface area (Å²) in [6.07, 6.45) is 0. The molecule has 0 saturated heterocycles. The fourth-order valence-electron chi connectivity index (χ4n) is 3.35. The summed E-state index contributed by atoms with van der Waals surface area (Å²) in [6, 6.07) is 6.96. The molecule has 0 unspecified atom stereocenters. The molecule has 174 valence electrons. The Labute approximate surface area is 195 Å². The zero-order valence-corrected chi connectivity index (χ0v) is 19.6. The summed E-state index contributed by atoms with van der Waals surface area (Å²) in [7, 11) is 0. The van der Waals surface area contributed by atoms with Crippen molar-refractivity contribution in [3.8, 4) is 5.75 Å². The van der Waals surface area contributed by atoms with Crippen LogP contribution in [0.15, 0.2) is 39.6 Å². The van der Waals surface area contributed by atoms with Crippen LogP contribution in [0.25, 0.3) is 10.9 Å². The highest BCUT2D eigenvalue weighted by Gasteiger charge is 2.25. The number of pyridine rings is 1. The van der Waals surface area contributed by atoms with Crippen LogP contribution < -0.4 is 10.9 Å². The van der Waals surface area contributed by atoms with Crippen LogP contribution in [0.1, 0.15) is 42.3 Å². The van der Waals surface area contributed by atoms with E-state index in [9.17, 15) is 28.3 Å². The normalized spacial score (nSPS) is 11.6. The molecule has 1 heterocycles. The minimum absolute atomic E-state index is 0.127. The molecule has 2 aromatic carbocycles. The molecule has 0 radical (unpaired) electrons. The van der Waals surface area contributed by atoms with Gasteiger partial charge in [-0.1, -0.05) is 48.8 Å². The molecular formula is C23H21BrF2N2O5. The lowest BCUT2D eigenvalue weighted by Crippen LogP contribution is -2.36. The van der Waals surface area contributed by atoms with E-state index in [0.717, 1.165) is 16.2 Å². The highest BCUT2D eigenvalue weighted by molar-refractivity contribution is 9.10.